The Morgan fingerprint density at radius 2 is 2.19 bits per heavy atom. The third kappa shape index (κ3) is 1.96. The number of anilines is 2. The zero-order valence-corrected chi connectivity index (χ0v) is 10.9. The fourth-order valence-corrected chi connectivity index (χ4v) is 2.95. The van der Waals surface area contributed by atoms with E-state index in [1.165, 1.54) is 18.0 Å². The maximum atomic E-state index is 5.77. The molecule has 1 aliphatic heterocycles. The molecule has 0 spiro atoms. The maximum Gasteiger partial charge on any atom is 0.197 e. The predicted octanol–water partition coefficient (Wildman–Crippen LogP) is 2.22. The second kappa shape index (κ2) is 4.49. The Hall–Kier alpha value is -0.970. The number of methoxy groups -OCH3 is 1. The Labute approximate surface area is 101 Å². The number of hydrogen-bond donors (Lipinski definition) is 1. The van der Waals surface area contributed by atoms with Gasteiger partial charge in [-0.2, -0.15) is 4.37 Å². The van der Waals surface area contributed by atoms with Crippen LogP contribution in [-0.2, 0) is 0 Å². The Morgan fingerprint density at radius 3 is 2.81 bits per heavy atom. The quantitative estimate of drug-likeness (QED) is 0.862. The number of ether oxygens (including phenoxy) is 1. The van der Waals surface area contributed by atoms with Gasteiger partial charge in [0.05, 0.1) is 7.11 Å². The van der Waals surface area contributed by atoms with Crippen LogP contribution in [0.5, 0.6) is 5.75 Å². The fourth-order valence-electron chi connectivity index (χ4n) is 2.13. The summed E-state index contributed by atoms with van der Waals surface area (Å²) < 4.78 is 9.47. The van der Waals surface area contributed by atoms with Crippen LogP contribution in [0, 0.1) is 11.8 Å². The molecule has 1 fully saturated rings. The van der Waals surface area contributed by atoms with Crippen molar-refractivity contribution in [1.82, 2.24) is 4.37 Å². The van der Waals surface area contributed by atoms with Crippen molar-refractivity contribution in [2.45, 2.75) is 20.3 Å². The minimum absolute atomic E-state index is 0.508. The van der Waals surface area contributed by atoms with Crippen molar-refractivity contribution in [3.8, 4) is 5.75 Å². The zero-order chi connectivity index (χ0) is 11.7. The van der Waals surface area contributed by atoms with Crippen LogP contribution in [0.3, 0.4) is 0 Å². The smallest absolute Gasteiger partial charge is 0.197 e. The summed E-state index contributed by atoms with van der Waals surface area (Å²) in [6.45, 7) is 6.76. The summed E-state index contributed by atoms with van der Waals surface area (Å²) in [4.78, 5) is 2.34. The van der Waals surface area contributed by atoms with Gasteiger partial charge < -0.3 is 15.4 Å². The molecule has 1 aliphatic rings. The van der Waals surface area contributed by atoms with Crippen molar-refractivity contribution in [2.75, 3.05) is 30.8 Å². The van der Waals surface area contributed by atoms with E-state index in [0.717, 1.165) is 29.8 Å². The highest BCUT2D eigenvalue weighted by molar-refractivity contribution is 7.11. The van der Waals surface area contributed by atoms with Gasteiger partial charge in [-0.1, -0.05) is 13.8 Å². The minimum atomic E-state index is 0.508. The molecule has 1 saturated heterocycles. The first kappa shape index (κ1) is 11.5. The van der Waals surface area contributed by atoms with Crippen LogP contribution in [0.25, 0.3) is 0 Å². The minimum Gasteiger partial charge on any atom is -0.490 e. The van der Waals surface area contributed by atoms with Gasteiger partial charge >= 0.3 is 0 Å². The number of nitrogen functional groups attached to an aromatic ring is 1. The van der Waals surface area contributed by atoms with Crippen molar-refractivity contribution in [3.05, 3.63) is 0 Å². The van der Waals surface area contributed by atoms with Crippen molar-refractivity contribution in [3.63, 3.8) is 0 Å². The van der Waals surface area contributed by atoms with Gasteiger partial charge in [-0.25, -0.2) is 0 Å². The number of hydrogen-bond acceptors (Lipinski definition) is 5. The average Bonchev–Trinajstić information content (AvgIpc) is 2.63. The third-order valence-corrected chi connectivity index (χ3v) is 4.39. The summed E-state index contributed by atoms with van der Waals surface area (Å²) in [5.74, 6) is 2.76. The molecule has 5 heteroatoms. The third-order valence-electron chi connectivity index (χ3n) is 3.48. The predicted molar refractivity (Wildman–Crippen MR) is 68.2 cm³/mol. The molecule has 0 aromatic carbocycles. The summed E-state index contributed by atoms with van der Waals surface area (Å²) in [5, 5.41) is 1.08. The van der Waals surface area contributed by atoms with Gasteiger partial charge in [-0.3, -0.25) is 0 Å². The van der Waals surface area contributed by atoms with Crippen LogP contribution in [0.1, 0.15) is 20.3 Å². The van der Waals surface area contributed by atoms with E-state index >= 15 is 0 Å². The van der Waals surface area contributed by atoms with Gasteiger partial charge in [-0.05, 0) is 29.8 Å². The molecule has 2 N–H and O–H groups in total. The molecule has 0 aliphatic carbocycles. The summed E-state index contributed by atoms with van der Waals surface area (Å²) in [6, 6.07) is 0. The lowest BCUT2D eigenvalue weighted by molar-refractivity contribution is 0.322. The van der Waals surface area contributed by atoms with Crippen molar-refractivity contribution in [1.29, 1.82) is 0 Å². The van der Waals surface area contributed by atoms with Crippen molar-refractivity contribution < 1.29 is 4.74 Å². The average molecular weight is 241 g/mol. The van der Waals surface area contributed by atoms with E-state index in [4.69, 9.17) is 10.5 Å². The lowest BCUT2D eigenvalue weighted by atomic mass is 9.89. The summed E-state index contributed by atoms with van der Waals surface area (Å²) in [5.41, 5.74) is 5.77. The first-order valence-corrected chi connectivity index (χ1v) is 6.45. The Balaban J connectivity index is 2.18. The second-order valence-corrected chi connectivity index (χ2v) is 5.35. The number of nitrogens with two attached hydrogens (primary N) is 1. The lowest BCUT2D eigenvalue weighted by Crippen LogP contribution is -2.38. The molecule has 0 radical (unpaired) electrons. The van der Waals surface area contributed by atoms with Gasteiger partial charge in [0, 0.05) is 13.1 Å². The van der Waals surface area contributed by atoms with E-state index in [1.807, 2.05) is 0 Å². The first-order valence-electron chi connectivity index (χ1n) is 5.67. The number of nitrogens with zero attached hydrogens (tertiary/aromatic N) is 2. The van der Waals surface area contributed by atoms with E-state index in [2.05, 4.69) is 23.1 Å². The SMILES string of the molecule is COc1c(N)nsc1N1CCC(C)C(C)C1. The molecule has 0 bridgehead atoms. The van der Waals surface area contributed by atoms with Crippen molar-refractivity contribution >= 4 is 22.4 Å². The van der Waals surface area contributed by atoms with E-state index in [1.54, 1.807) is 7.11 Å². The lowest BCUT2D eigenvalue weighted by Gasteiger charge is -2.35. The van der Waals surface area contributed by atoms with Crippen LogP contribution in [0.2, 0.25) is 0 Å². The summed E-state index contributed by atoms with van der Waals surface area (Å²) >= 11 is 1.44. The second-order valence-electron chi connectivity index (χ2n) is 4.60. The molecule has 0 amide bonds. The van der Waals surface area contributed by atoms with Gasteiger partial charge in [0.25, 0.3) is 0 Å². The van der Waals surface area contributed by atoms with Crippen molar-refractivity contribution in [2.24, 2.45) is 11.8 Å². The summed E-state index contributed by atoms with van der Waals surface area (Å²) in [6.07, 6.45) is 1.22. The molecular weight excluding hydrogens is 222 g/mol. The highest BCUT2D eigenvalue weighted by Gasteiger charge is 2.26. The van der Waals surface area contributed by atoms with Gasteiger partial charge in [-0.15, -0.1) is 0 Å². The number of rotatable bonds is 2. The van der Waals surface area contributed by atoms with E-state index in [0.29, 0.717) is 11.7 Å². The van der Waals surface area contributed by atoms with Crippen LogP contribution in [0.15, 0.2) is 0 Å². The molecule has 1 aromatic heterocycles. The van der Waals surface area contributed by atoms with E-state index < -0.39 is 0 Å². The van der Waals surface area contributed by atoms with Gasteiger partial charge in [0.15, 0.2) is 16.6 Å². The standard InChI is InChI=1S/C11H19N3OS/c1-7-4-5-14(6-8(7)2)11-9(15-3)10(12)13-16-11/h7-8H,4-6H2,1-3H3,(H2,12,13). The molecule has 0 saturated carbocycles. The molecule has 2 rings (SSSR count). The molecule has 16 heavy (non-hydrogen) atoms. The molecule has 1 aromatic rings. The largest absolute Gasteiger partial charge is 0.490 e. The highest BCUT2D eigenvalue weighted by Crippen LogP contribution is 2.40. The fraction of sp³-hybridized carbons (Fsp3) is 0.727. The monoisotopic (exact) mass is 241 g/mol. The molecule has 4 nitrogen and oxygen atoms in total. The Bertz CT molecular complexity index is 366. The van der Waals surface area contributed by atoms with E-state index in [-0.39, 0.29) is 0 Å². The molecule has 90 valence electrons. The normalized spacial score (nSPS) is 25.8. The molecular formula is C11H19N3OS. The topological polar surface area (TPSA) is 51.4 Å². The van der Waals surface area contributed by atoms with Gasteiger partial charge in [0.2, 0.25) is 0 Å². The molecule has 2 atom stereocenters. The highest BCUT2D eigenvalue weighted by atomic mass is 32.1. The maximum absolute atomic E-state index is 5.77. The van der Waals surface area contributed by atoms with Crippen LogP contribution in [-0.4, -0.2) is 24.6 Å². The molecule has 2 unspecified atom stereocenters. The van der Waals surface area contributed by atoms with Crippen LogP contribution < -0.4 is 15.4 Å². The van der Waals surface area contributed by atoms with Gasteiger partial charge in [0.1, 0.15) is 0 Å². The van der Waals surface area contributed by atoms with Crippen LogP contribution >= 0.6 is 11.5 Å². The van der Waals surface area contributed by atoms with Crippen LogP contribution in [0.4, 0.5) is 10.8 Å². The molecule has 2 heterocycles. The Kier molecular flexibility index (Phi) is 3.23. The zero-order valence-electron chi connectivity index (χ0n) is 10.1. The summed E-state index contributed by atoms with van der Waals surface area (Å²) in [7, 11) is 1.65. The number of piperidine rings is 1. The number of aromatic nitrogens is 1. The van der Waals surface area contributed by atoms with E-state index in [9.17, 15) is 0 Å². The Morgan fingerprint density at radius 1 is 1.44 bits per heavy atom. The first-order chi connectivity index (χ1) is 7.63.